The third kappa shape index (κ3) is 66.5. The fourth-order valence-corrected chi connectivity index (χ4v) is 12.6. The summed E-state index contributed by atoms with van der Waals surface area (Å²) in [6, 6.07) is 0. The van der Waals surface area contributed by atoms with Gasteiger partial charge in [0, 0.05) is 25.7 Å². The second kappa shape index (κ2) is 65.4. The van der Waals surface area contributed by atoms with E-state index in [1.54, 1.807) is 0 Å². The SMILES string of the molecule is CCCCCCCCCCCCCCCCCCCCCCCCC(=O)O[C@H](COC(=O)CCCCCCCCCCCCCCCC)COP(=O)(O)OC[C@@H](O)COP(=O)(O)OC[C@@H](COC(=O)CCCCCCC)OC(=O)CCCCCCCCCC(C)C. The van der Waals surface area contributed by atoms with Crippen molar-refractivity contribution in [3.63, 3.8) is 0 Å². The van der Waals surface area contributed by atoms with Crippen LogP contribution in [-0.2, 0) is 65.4 Å². The number of unbranched alkanes of at least 4 members (excludes halogenated alkanes) is 44. The maximum absolute atomic E-state index is 13.0. The van der Waals surface area contributed by atoms with Gasteiger partial charge in [0.2, 0.25) is 0 Å². The molecule has 3 N–H and O–H groups in total. The van der Waals surface area contributed by atoms with E-state index in [1.165, 1.54) is 193 Å². The summed E-state index contributed by atoms with van der Waals surface area (Å²) in [5, 5.41) is 10.6. The van der Waals surface area contributed by atoms with Gasteiger partial charge in [0.1, 0.15) is 19.3 Å². The summed E-state index contributed by atoms with van der Waals surface area (Å²) >= 11 is 0. The Bertz CT molecular complexity index is 1750. The lowest BCUT2D eigenvalue weighted by atomic mass is 10.0. The van der Waals surface area contributed by atoms with Crippen LogP contribution in [0.25, 0.3) is 0 Å². The molecule has 17 nitrogen and oxygen atoms in total. The van der Waals surface area contributed by atoms with Crippen LogP contribution in [0, 0.1) is 5.92 Å². The second-order valence-electron chi connectivity index (χ2n) is 26.5. The van der Waals surface area contributed by atoms with Crippen LogP contribution in [0.5, 0.6) is 0 Å². The Morgan fingerprint density at radius 3 is 0.747 bits per heavy atom. The van der Waals surface area contributed by atoms with Gasteiger partial charge in [0.25, 0.3) is 0 Å². The van der Waals surface area contributed by atoms with Gasteiger partial charge in [0.05, 0.1) is 26.4 Å². The molecule has 0 amide bonds. The van der Waals surface area contributed by atoms with E-state index in [-0.39, 0.29) is 25.7 Å². The largest absolute Gasteiger partial charge is 0.472 e. The Hall–Kier alpha value is -1.94. The van der Waals surface area contributed by atoms with Gasteiger partial charge in [-0.15, -0.1) is 0 Å². The fourth-order valence-electron chi connectivity index (χ4n) is 11.0. The van der Waals surface area contributed by atoms with Crippen LogP contribution in [0.1, 0.15) is 375 Å². The minimum atomic E-state index is -4.95. The molecule has 0 aliphatic heterocycles. The summed E-state index contributed by atoms with van der Waals surface area (Å²) in [5.74, 6) is -1.44. The molecule has 0 aromatic carbocycles. The lowest BCUT2D eigenvalue weighted by Gasteiger charge is -2.21. The Kier molecular flexibility index (Phi) is 64.0. The number of hydrogen-bond acceptors (Lipinski definition) is 15. The Morgan fingerprint density at radius 2 is 0.505 bits per heavy atom. The van der Waals surface area contributed by atoms with E-state index in [2.05, 4.69) is 34.6 Å². The van der Waals surface area contributed by atoms with E-state index in [0.717, 1.165) is 96.3 Å². The van der Waals surface area contributed by atoms with Crippen LogP contribution >= 0.6 is 15.6 Å². The van der Waals surface area contributed by atoms with Crippen molar-refractivity contribution in [2.75, 3.05) is 39.6 Å². The van der Waals surface area contributed by atoms with Crippen molar-refractivity contribution in [3.8, 4) is 0 Å². The van der Waals surface area contributed by atoms with Crippen LogP contribution in [0.3, 0.4) is 0 Å². The molecule has 0 radical (unpaired) electrons. The van der Waals surface area contributed by atoms with Crippen LogP contribution in [0.2, 0.25) is 0 Å². The highest BCUT2D eigenvalue weighted by Crippen LogP contribution is 2.45. The highest BCUT2D eigenvalue weighted by atomic mass is 31.2. The van der Waals surface area contributed by atoms with Crippen LogP contribution in [-0.4, -0.2) is 96.7 Å². The fraction of sp³-hybridized carbons (Fsp3) is 0.944. The number of carbonyl (C=O) groups excluding carboxylic acids is 4. The standard InChI is InChI=1S/C72H140O17P2/c1-6-9-12-15-17-19-21-23-25-26-27-28-29-30-31-32-34-36-38-42-47-52-57-71(76)89-68(62-83-70(75)56-51-46-41-37-35-33-24-22-20-18-16-13-10-7-2)64-87-91(80,81)85-60-66(73)59-84-90(78,79)86-63-67(61-82-69(74)55-50-44-14-11-8-3)88-72(77)58-53-48-43-39-40-45-49-54-65(4)5/h65-68,73H,6-64H2,1-5H3,(H,78,79)(H,80,81)/t66-,67+,68+/m0/s1. The lowest BCUT2D eigenvalue weighted by Crippen LogP contribution is -2.30. The molecule has 19 heteroatoms. The zero-order valence-corrected chi connectivity index (χ0v) is 60.8. The average molecular weight is 1340 g/mol. The first-order chi connectivity index (χ1) is 44.0. The van der Waals surface area contributed by atoms with Crippen molar-refractivity contribution in [3.05, 3.63) is 0 Å². The second-order valence-corrected chi connectivity index (χ2v) is 29.4. The first-order valence-electron chi connectivity index (χ1n) is 37.6. The van der Waals surface area contributed by atoms with Crippen LogP contribution in [0.4, 0.5) is 0 Å². The topological polar surface area (TPSA) is 237 Å². The summed E-state index contributed by atoms with van der Waals surface area (Å²) in [5.41, 5.74) is 0. The number of phosphoric ester groups is 2. The van der Waals surface area contributed by atoms with Crippen molar-refractivity contribution in [1.82, 2.24) is 0 Å². The number of hydrogen-bond donors (Lipinski definition) is 3. The van der Waals surface area contributed by atoms with Crippen LogP contribution < -0.4 is 0 Å². The Morgan fingerprint density at radius 1 is 0.297 bits per heavy atom. The smallest absolute Gasteiger partial charge is 0.462 e. The zero-order valence-electron chi connectivity index (χ0n) is 59.0. The molecule has 0 bridgehead atoms. The first-order valence-corrected chi connectivity index (χ1v) is 40.6. The molecule has 0 aliphatic carbocycles. The molecule has 0 aromatic heterocycles. The highest BCUT2D eigenvalue weighted by molar-refractivity contribution is 7.47. The summed E-state index contributed by atoms with van der Waals surface area (Å²) in [7, 11) is -9.89. The Balaban J connectivity index is 5.09. The van der Waals surface area contributed by atoms with Crippen molar-refractivity contribution in [2.24, 2.45) is 5.92 Å². The molecule has 0 rings (SSSR count). The van der Waals surface area contributed by atoms with Gasteiger partial charge in [-0.25, -0.2) is 9.13 Å². The van der Waals surface area contributed by atoms with E-state index in [9.17, 15) is 43.2 Å². The molecule has 540 valence electrons. The monoisotopic (exact) mass is 1340 g/mol. The molecule has 91 heavy (non-hydrogen) atoms. The van der Waals surface area contributed by atoms with Crippen molar-refractivity contribution >= 4 is 39.5 Å². The predicted molar refractivity (Wildman–Crippen MR) is 368 cm³/mol. The van der Waals surface area contributed by atoms with E-state index in [4.69, 9.17) is 37.0 Å². The third-order valence-electron chi connectivity index (χ3n) is 16.8. The number of esters is 4. The molecule has 0 saturated heterocycles. The molecular weight excluding hydrogens is 1200 g/mol. The van der Waals surface area contributed by atoms with Gasteiger partial charge < -0.3 is 33.8 Å². The molecule has 0 saturated carbocycles. The van der Waals surface area contributed by atoms with Crippen molar-refractivity contribution in [2.45, 2.75) is 393 Å². The van der Waals surface area contributed by atoms with Gasteiger partial charge >= 0.3 is 39.5 Å². The van der Waals surface area contributed by atoms with Gasteiger partial charge in [0.15, 0.2) is 12.2 Å². The maximum Gasteiger partial charge on any atom is 0.472 e. The van der Waals surface area contributed by atoms with Crippen LogP contribution in [0.15, 0.2) is 0 Å². The summed E-state index contributed by atoms with van der Waals surface area (Å²) < 4.78 is 68.1. The van der Waals surface area contributed by atoms with E-state index in [1.807, 2.05) is 0 Å². The van der Waals surface area contributed by atoms with E-state index >= 15 is 0 Å². The molecule has 0 aliphatic rings. The molecule has 0 aromatic rings. The quantitative estimate of drug-likeness (QED) is 0.0222. The lowest BCUT2D eigenvalue weighted by molar-refractivity contribution is -0.161. The van der Waals surface area contributed by atoms with E-state index < -0.39 is 97.5 Å². The van der Waals surface area contributed by atoms with Gasteiger partial charge in [-0.05, 0) is 31.6 Å². The summed E-state index contributed by atoms with van der Waals surface area (Å²) in [4.78, 5) is 72.3. The minimum absolute atomic E-state index is 0.103. The number of rotatable bonds is 72. The van der Waals surface area contributed by atoms with Gasteiger partial charge in [-0.1, -0.05) is 324 Å². The molecular formula is C72H140O17P2. The van der Waals surface area contributed by atoms with Gasteiger partial charge in [-0.3, -0.25) is 37.3 Å². The zero-order chi connectivity index (χ0) is 67.0. The van der Waals surface area contributed by atoms with Crippen molar-refractivity contribution in [1.29, 1.82) is 0 Å². The predicted octanol–water partition coefficient (Wildman–Crippen LogP) is 20.9. The summed E-state index contributed by atoms with van der Waals surface area (Å²) in [6.45, 7) is 7.10. The molecule has 0 spiro atoms. The molecule has 0 heterocycles. The number of carbonyl (C=O) groups is 4. The molecule has 5 atom stereocenters. The molecule has 0 fully saturated rings. The molecule has 2 unspecified atom stereocenters. The highest BCUT2D eigenvalue weighted by Gasteiger charge is 2.30. The first kappa shape index (κ1) is 89.1. The number of aliphatic hydroxyl groups excluding tert-OH is 1. The Labute approximate surface area is 556 Å². The summed E-state index contributed by atoms with van der Waals surface area (Å²) in [6.07, 6.45) is 53.4. The van der Waals surface area contributed by atoms with Crippen molar-refractivity contribution < 1.29 is 80.2 Å². The number of phosphoric acid groups is 2. The van der Waals surface area contributed by atoms with E-state index in [0.29, 0.717) is 31.6 Å². The van der Waals surface area contributed by atoms with Gasteiger partial charge in [-0.2, -0.15) is 0 Å². The maximum atomic E-state index is 13.0. The normalized spacial score (nSPS) is 14.0. The number of aliphatic hydroxyl groups is 1. The number of ether oxygens (including phenoxy) is 4. The minimum Gasteiger partial charge on any atom is -0.462 e. The average Bonchev–Trinajstić information content (AvgIpc) is 3.41. The third-order valence-corrected chi connectivity index (χ3v) is 18.7.